The molecule has 0 radical (unpaired) electrons. The monoisotopic (exact) mass is 445 g/mol. The minimum Gasteiger partial charge on any atom is -0.356 e. The molecule has 1 aromatic heterocycles. The fourth-order valence-corrected chi connectivity index (χ4v) is 5.29. The molecule has 0 saturated carbocycles. The van der Waals surface area contributed by atoms with Crippen LogP contribution in [0.15, 0.2) is 54.7 Å². The summed E-state index contributed by atoms with van der Waals surface area (Å²) in [5.74, 6) is 0.163. The summed E-state index contributed by atoms with van der Waals surface area (Å²) in [6, 6.07) is 17.8. The topological polar surface area (TPSA) is 37.3 Å². The Morgan fingerprint density at radius 3 is 2.73 bits per heavy atom. The maximum Gasteiger partial charge on any atom is 0.220 e. The van der Waals surface area contributed by atoms with E-state index in [1.165, 1.54) is 59.8 Å². The number of para-hydroxylation sites is 1. The highest BCUT2D eigenvalue weighted by atomic mass is 16.1. The largest absolute Gasteiger partial charge is 0.356 e. The summed E-state index contributed by atoms with van der Waals surface area (Å²) >= 11 is 0. The van der Waals surface area contributed by atoms with Gasteiger partial charge in [-0.15, -0.1) is 0 Å². The lowest BCUT2D eigenvalue weighted by molar-refractivity contribution is -0.121. The first-order valence-corrected chi connectivity index (χ1v) is 12.8. The zero-order valence-corrected chi connectivity index (χ0v) is 20.4. The van der Waals surface area contributed by atoms with E-state index in [1.54, 1.807) is 0 Å². The fraction of sp³-hybridized carbons (Fsp3) is 0.483. The third kappa shape index (κ3) is 6.05. The van der Waals surface area contributed by atoms with Crippen LogP contribution < -0.4 is 5.32 Å². The van der Waals surface area contributed by atoms with Crippen LogP contribution in [0.3, 0.4) is 0 Å². The second kappa shape index (κ2) is 11.5. The van der Waals surface area contributed by atoms with Gasteiger partial charge in [-0.1, -0.05) is 55.8 Å². The van der Waals surface area contributed by atoms with E-state index >= 15 is 0 Å². The molecule has 1 N–H and O–H groups in total. The molecule has 1 amide bonds. The van der Waals surface area contributed by atoms with Crippen molar-refractivity contribution in [3.05, 3.63) is 71.4 Å². The van der Waals surface area contributed by atoms with Gasteiger partial charge in [-0.05, 0) is 68.3 Å². The average molecular weight is 446 g/mol. The molecule has 3 aromatic rings. The van der Waals surface area contributed by atoms with Crippen molar-refractivity contribution in [2.45, 2.75) is 71.4 Å². The molecule has 0 aliphatic carbocycles. The molecule has 2 aromatic carbocycles. The number of benzene rings is 2. The highest BCUT2D eigenvalue weighted by Crippen LogP contribution is 2.24. The van der Waals surface area contributed by atoms with Crippen LogP contribution in [-0.2, 0) is 17.8 Å². The summed E-state index contributed by atoms with van der Waals surface area (Å²) in [5, 5.41) is 4.41. The fourth-order valence-electron chi connectivity index (χ4n) is 5.29. The molecule has 1 fully saturated rings. The number of rotatable bonds is 10. The zero-order valence-electron chi connectivity index (χ0n) is 20.4. The SMILES string of the molecule is CC[C@@H]1CCCCN1CCCNC(=O)CCc1cn(Cc2ccccc2C)c2ccccc12. The number of fused-ring (bicyclic) bond motifs is 1. The molecule has 176 valence electrons. The number of aromatic nitrogens is 1. The number of carbonyl (C=O) groups excluding carboxylic acids is 1. The number of amides is 1. The van der Waals surface area contributed by atoms with Crippen LogP contribution in [0, 0.1) is 6.92 Å². The molecule has 0 unspecified atom stereocenters. The van der Waals surface area contributed by atoms with Gasteiger partial charge in [-0.2, -0.15) is 0 Å². The molecular formula is C29H39N3O. The maximum atomic E-state index is 12.5. The second-order valence-electron chi connectivity index (χ2n) is 9.52. The number of hydrogen-bond acceptors (Lipinski definition) is 2. The molecule has 4 nitrogen and oxygen atoms in total. The lowest BCUT2D eigenvalue weighted by Crippen LogP contribution is -2.40. The van der Waals surface area contributed by atoms with Gasteiger partial charge in [-0.25, -0.2) is 0 Å². The maximum absolute atomic E-state index is 12.5. The van der Waals surface area contributed by atoms with E-state index in [9.17, 15) is 4.79 Å². The Kier molecular flexibility index (Phi) is 8.22. The van der Waals surface area contributed by atoms with Crippen LogP contribution in [0.2, 0.25) is 0 Å². The molecule has 1 saturated heterocycles. The number of aryl methyl sites for hydroxylation is 2. The van der Waals surface area contributed by atoms with Crippen LogP contribution in [0.1, 0.15) is 62.1 Å². The van der Waals surface area contributed by atoms with Crippen LogP contribution in [0.5, 0.6) is 0 Å². The molecule has 0 spiro atoms. The number of carbonyl (C=O) groups is 1. The third-order valence-corrected chi connectivity index (χ3v) is 7.26. The number of likely N-dealkylation sites (tertiary alicyclic amines) is 1. The van der Waals surface area contributed by atoms with Gasteiger partial charge in [0.1, 0.15) is 0 Å². The first-order chi connectivity index (χ1) is 16.2. The molecule has 0 bridgehead atoms. The van der Waals surface area contributed by atoms with Gasteiger partial charge in [0.25, 0.3) is 0 Å². The minimum absolute atomic E-state index is 0.163. The van der Waals surface area contributed by atoms with Gasteiger partial charge in [-0.3, -0.25) is 4.79 Å². The summed E-state index contributed by atoms with van der Waals surface area (Å²) in [4.78, 5) is 15.2. The van der Waals surface area contributed by atoms with Crippen molar-refractivity contribution in [3.8, 4) is 0 Å². The molecule has 2 heterocycles. The minimum atomic E-state index is 0.163. The number of hydrogen-bond donors (Lipinski definition) is 1. The Morgan fingerprint density at radius 2 is 1.88 bits per heavy atom. The van der Waals surface area contributed by atoms with Crippen molar-refractivity contribution >= 4 is 16.8 Å². The smallest absolute Gasteiger partial charge is 0.220 e. The van der Waals surface area contributed by atoms with Crippen LogP contribution in [-0.4, -0.2) is 41.1 Å². The van der Waals surface area contributed by atoms with Gasteiger partial charge >= 0.3 is 0 Å². The van der Waals surface area contributed by atoms with Gasteiger partial charge in [0, 0.05) is 49.2 Å². The highest BCUT2D eigenvalue weighted by molar-refractivity contribution is 5.85. The molecule has 1 atom stereocenters. The number of piperidine rings is 1. The Balaban J connectivity index is 1.30. The van der Waals surface area contributed by atoms with E-state index < -0.39 is 0 Å². The zero-order chi connectivity index (χ0) is 23.0. The number of nitrogens with zero attached hydrogens (tertiary/aromatic N) is 2. The summed E-state index contributed by atoms with van der Waals surface area (Å²) in [6.45, 7) is 8.42. The van der Waals surface area contributed by atoms with Crippen molar-refractivity contribution in [3.63, 3.8) is 0 Å². The standard InChI is InChI=1S/C29H39N3O/c1-3-26-13-8-9-19-31(26)20-10-18-30-29(33)17-16-25-22-32(28-15-7-6-14-27(25)28)21-24-12-5-4-11-23(24)2/h4-7,11-12,14-15,22,26H,3,8-10,13,16-21H2,1-2H3,(H,30,33)/t26-/m1/s1. The van der Waals surface area contributed by atoms with E-state index in [0.717, 1.165) is 38.5 Å². The molecule has 33 heavy (non-hydrogen) atoms. The Bertz CT molecular complexity index is 1050. The van der Waals surface area contributed by atoms with Crippen LogP contribution >= 0.6 is 0 Å². The lowest BCUT2D eigenvalue weighted by Gasteiger charge is -2.35. The quantitative estimate of drug-likeness (QED) is 0.406. The van der Waals surface area contributed by atoms with Crippen molar-refractivity contribution in [1.82, 2.24) is 14.8 Å². The summed E-state index contributed by atoms with van der Waals surface area (Å²) in [5.41, 5.74) is 5.14. The average Bonchev–Trinajstić information content (AvgIpc) is 3.19. The summed E-state index contributed by atoms with van der Waals surface area (Å²) < 4.78 is 2.33. The summed E-state index contributed by atoms with van der Waals surface area (Å²) in [6.07, 6.45) is 9.86. The Morgan fingerprint density at radius 1 is 1.06 bits per heavy atom. The third-order valence-electron chi connectivity index (χ3n) is 7.26. The predicted molar refractivity (Wildman–Crippen MR) is 138 cm³/mol. The predicted octanol–water partition coefficient (Wildman–Crippen LogP) is 5.70. The van der Waals surface area contributed by atoms with Crippen LogP contribution in [0.4, 0.5) is 0 Å². The Hall–Kier alpha value is -2.59. The van der Waals surface area contributed by atoms with Crippen LogP contribution in [0.25, 0.3) is 10.9 Å². The van der Waals surface area contributed by atoms with E-state index in [4.69, 9.17) is 0 Å². The van der Waals surface area contributed by atoms with E-state index in [1.807, 2.05) is 0 Å². The first-order valence-electron chi connectivity index (χ1n) is 12.8. The Labute approximate surface area is 199 Å². The molecule has 4 heteroatoms. The number of nitrogens with one attached hydrogen (secondary N) is 1. The lowest BCUT2D eigenvalue weighted by atomic mass is 10.00. The second-order valence-corrected chi connectivity index (χ2v) is 9.52. The summed E-state index contributed by atoms with van der Waals surface area (Å²) in [7, 11) is 0. The van der Waals surface area contributed by atoms with Gasteiger partial charge in [0.2, 0.25) is 5.91 Å². The molecule has 4 rings (SSSR count). The van der Waals surface area contributed by atoms with Gasteiger partial charge in [0.05, 0.1) is 0 Å². The van der Waals surface area contributed by atoms with Gasteiger partial charge in [0.15, 0.2) is 0 Å². The first kappa shape index (κ1) is 23.6. The molecule has 1 aliphatic heterocycles. The van der Waals surface area contributed by atoms with Crippen molar-refractivity contribution in [1.29, 1.82) is 0 Å². The van der Waals surface area contributed by atoms with E-state index in [2.05, 4.69) is 83.4 Å². The van der Waals surface area contributed by atoms with Gasteiger partial charge < -0.3 is 14.8 Å². The van der Waals surface area contributed by atoms with Crippen molar-refractivity contribution < 1.29 is 4.79 Å². The van der Waals surface area contributed by atoms with Crippen molar-refractivity contribution in [2.24, 2.45) is 0 Å². The van der Waals surface area contributed by atoms with E-state index in [0.29, 0.717) is 6.42 Å². The molecular weight excluding hydrogens is 406 g/mol. The molecule has 1 aliphatic rings. The van der Waals surface area contributed by atoms with Crippen molar-refractivity contribution in [2.75, 3.05) is 19.6 Å². The normalized spacial score (nSPS) is 16.8. The highest BCUT2D eigenvalue weighted by Gasteiger charge is 2.20. The van der Waals surface area contributed by atoms with E-state index in [-0.39, 0.29) is 5.91 Å².